The number of aryl methyl sites for hydroxylation is 1. The van der Waals surface area contributed by atoms with E-state index in [9.17, 15) is 14.0 Å². The quantitative estimate of drug-likeness (QED) is 0.793. The van der Waals surface area contributed by atoms with Crippen LogP contribution >= 0.6 is 0 Å². The van der Waals surface area contributed by atoms with E-state index >= 15 is 0 Å². The van der Waals surface area contributed by atoms with Gasteiger partial charge in [-0.1, -0.05) is 0 Å². The third-order valence-electron chi connectivity index (χ3n) is 3.45. The van der Waals surface area contributed by atoms with E-state index in [-0.39, 0.29) is 5.56 Å². The number of ketones is 1. The summed E-state index contributed by atoms with van der Waals surface area (Å²) in [6.45, 7) is 0.364. The third kappa shape index (κ3) is 1.89. The van der Waals surface area contributed by atoms with Gasteiger partial charge in [-0.2, -0.15) is 5.10 Å². The highest BCUT2D eigenvalue weighted by atomic mass is 19.1. The smallest absolute Gasteiger partial charge is 0.299 e. The summed E-state index contributed by atoms with van der Waals surface area (Å²) in [7, 11) is 1.82. The van der Waals surface area contributed by atoms with Gasteiger partial charge in [0.05, 0.1) is 11.3 Å². The van der Waals surface area contributed by atoms with Crippen molar-refractivity contribution in [3.8, 4) is 0 Å². The van der Waals surface area contributed by atoms with Gasteiger partial charge < -0.3 is 4.90 Å². The molecule has 0 saturated heterocycles. The fourth-order valence-electron chi connectivity index (χ4n) is 2.37. The van der Waals surface area contributed by atoms with Gasteiger partial charge in [0.15, 0.2) is 0 Å². The summed E-state index contributed by atoms with van der Waals surface area (Å²) in [5.74, 6) is -1.77. The molecule has 0 N–H and O–H groups in total. The maximum absolute atomic E-state index is 13.2. The van der Waals surface area contributed by atoms with Gasteiger partial charge in [0.2, 0.25) is 0 Å². The van der Waals surface area contributed by atoms with E-state index in [4.69, 9.17) is 0 Å². The summed E-state index contributed by atoms with van der Waals surface area (Å²) in [5.41, 5.74) is 1.57. The van der Waals surface area contributed by atoms with Gasteiger partial charge >= 0.3 is 0 Å². The Balaban J connectivity index is 1.86. The number of aromatic nitrogens is 2. The molecule has 2 aromatic rings. The highest BCUT2D eigenvalue weighted by Gasteiger charge is 2.35. The van der Waals surface area contributed by atoms with Crippen molar-refractivity contribution < 1.29 is 14.0 Å². The summed E-state index contributed by atoms with van der Waals surface area (Å²) in [4.78, 5) is 25.2. The molecule has 0 saturated carbocycles. The number of nitrogens with zero attached hydrogens (tertiary/aromatic N) is 3. The summed E-state index contributed by atoms with van der Waals surface area (Å²) >= 11 is 0. The number of halogens is 1. The Kier molecular flexibility index (Phi) is 2.85. The lowest BCUT2D eigenvalue weighted by Gasteiger charge is -2.16. The van der Waals surface area contributed by atoms with Crippen LogP contribution in [0, 0.1) is 5.82 Å². The molecule has 6 heteroatoms. The predicted molar refractivity (Wildman–Crippen MR) is 70.0 cm³/mol. The molecule has 20 heavy (non-hydrogen) atoms. The molecule has 0 spiro atoms. The first-order valence-corrected chi connectivity index (χ1v) is 6.20. The number of hydrogen-bond acceptors (Lipinski definition) is 3. The second-order valence-electron chi connectivity index (χ2n) is 4.64. The van der Waals surface area contributed by atoms with E-state index in [1.165, 1.54) is 17.0 Å². The van der Waals surface area contributed by atoms with Crippen molar-refractivity contribution in [3.63, 3.8) is 0 Å². The third-order valence-corrected chi connectivity index (χ3v) is 3.45. The lowest BCUT2D eigenvalue weighted by atomic mass is 10.1. The Morgan fingerprint density at radius 1 is 1.25 bits per heavy atom. The minimum atomic E-state index is -0.649. The van der Waals surface area contributed by atoms with Gasteiger partial charge in [0.1, 0.15) is 5.82 Å². The van der Waals surface area contributed by atoms with Crippen molar-refractivity contribution >= 4 is 17.4 Å². The number of amides is 1. The van der Waals surface area contributed by atoms with E-state index < -0.39 is 17.5 Å². The van der Waals surface area contributed by atoms with Crippen LogP contribution in [0.15, 0.2) is 30.5 Å². The number of fused-ring (bicyclic) bond motifs is 1. The Hall–Kier alpha value is -2.50. The molecule has 1 aromatic carbocycles. The highest BCUT2D eigenvalue weighted by Crippen LogP contribution is 2.29. The number of benzene rings is 1. The first-order valence-electron chi connectivity index (χ1n) is 6.20. The van der Waals surface area contributed by atoms with Crippen LogP contribution in [0.25, 0.3) is 0 Å². The number of Topliss-reactive ketones (excluding diaryl/α,β-unsaturated/α-hetero) is 1. The fraction of sp³-hybridized carbons (Fsp3) is 0.214. The topological polar surface area (TPSA) is 55.2 Å². The maximum atomic E-state index is 13.2. The van der Waals surface area contributed by atoms with Gasteiger partial charge in [-0.25, -0.2) is 4.39 Å². The van der Waals surface area contributed by atoms with E-state index in [1.807, 2.05) is 13.1 Å². The van der Waals surface area contributed by atoms with Gasteiger partial charge in [0, 0.05) is 31.9 Å². The average molecular weight is 273 g/mol. The van der Waals surface area contributed by atoms with Gasteiger partial charge in [-0.15, -0.1) is 0 Å². The summed E-state index contributed by atoms with van der Waals surface area (Å²) in [6, 6.07) is 5.69. The molecule has 0 radical (unpaired) electrons. The van der Waals surface area contributed by atoms with Gasteiger partial charge in [0.25, 0.3) is 11.7 Å². The van der Waals surface area contributed by atoms with Crippen LogP contribution in [0.3, 0.4) is 0 Å². The second-order valence-corrected chi connectivity index (χ2v) is 4.64. The molecule has 1 aliphatic rings. The van der Waals surface area contributed by atoms with Gasteiger partial charge in [-0.05, 0) is 24.3 Å². The molecule has 102 valence electrons. The van der Waals surface area contributed by atoms with Crippen LogP contribution in [0.2, 0.25) is 0 Å². The molecule has 1 aromatic heterocycles. The molecule has 3 rings (SSSR count). The monoisotopic (exact) mass is 273 g/mol. The predicted octanol–water partition coefficient (Wildman–Crippen LogP) is 1.33. The van der Waals surface area contributed by atoms with E-state index in [2.05, 4.69) is 5.10 Å². The Labute approximate surface area is 114 Å². The first-order chi connectivity index (χ1) is 9.58. The van der Waals surface area contributed by atoms with Crippen LogP contribution in [0.4, 0.5) is 10.1 Å². The zero-order chi connectivity index (χ0) is 14.3. The lowest BCUT2D eigenvalue weighted by Crippen LogP contribution is -2.32. The van der Waals surface area contributed by atoms with Crippen molar-refractivity contribution in [2.75, 3.05) is 11.4 Å². The Bertz CT molecular complexity index is 708. The molecule has 0 atom stereocenters. The van der Waals surface area contributed by atoms with Crippen LogP contribution in [0.5, 0.6) is 0 Å². The minimum absolute atomic E-state index is 0.139. The first kappa shape index (κ1) is 12.5. The minimum Gasteiger partial charge on any atom is -0.304 e. The SMILES string of the molecule is Cn1nccc1CCN1C(=O)C(=O)c2cc(F)ccc21. The normalized spacial score (nSPS) is 14.0. The van der Waals surface area contributed by atoms with Crippen LogP contribution < -0.4 is 4.90 Å². The average Bonchev–Trinajstić information content (AvgIpc) is 2.93. The van der Waals surface area contributed by atoms with E-state index in [0.29, 0.717) is 18.7 Å². The highest BCUT2D eigenvalue weighted by molar-refractivity contribution is 6.52. The standard InChI is InChI=1S/C14H12FN3O2/c1-17-10(4-6-16-17)5-7-18-12-3-2-9(15)8-11(12)13(19)14(18)20/h2-4,6,8H,5,7H2,1H3. The zero-order valence-corrected chi connectivity index (χ0v) is 10.8. The van der Waals surface area contributed by atoms with Gasteiger partial charge in [-0.3, -0.25) is 14.3 Å². The molecule has 0 bridgehead atoms. The number of carbonyl (C=O) groups is 2. The van der Waals surface area contributed by atoms with E-state index in [1.54, 1.807) is 10.9 Å². The summed E-state index contributed by atoms with van der Waals surface area (Å²) in [6.07, 6.45) is 2.25. The molecular formula is C14H12FN3O2. The largest absolute Gasteiger partial charge is 0.304 e. The van der Waals surface area contributed by atoms with Crippen molar-refractivity contribution in [1.29, 1.82) is 0 Å². The summed E-state index contributed by atoms with van der Waals surface area (Å²) < 4.78 is 14.9. The lowest BCUT2D eigenvalue weighted by molar-refractivity contribution is -0.114. The molecule has 2 heterocycles. The van der Waals surface area contributed by atoms with Crippen LogP contribution in [-0.4, -0.2) is 28.0 Å². The maximum Gasteiger partial charge on any atom is 0.299 e. The zero-order valence-electron chi connectivity index (χ0n) is 10.8. The van der Waals surface area contributed by atoms with Crippen molar-refractivity contribution in [3.05, 3.63) is 47.5 Å². The Morgan fingerprint density at radius 2 is 2.05 bits per heavy atom. The van der Waals surface area contributed by atoms with Crippen molar-refractivity contribution in [2.24, 2.45) is 7.05 Å². The molecule has 5 nitrogen and oxygen atoms in total. The van der Waals surface area contributed by atoms with Crippen molar-refractivity contribution in [1.82, 2.24) is 9.78 Å². The molecule has 0 unspecified atom stereocenters. The second kappa shape index (κ2) is 4.56. The number of anilines is 1. The van der Waals surface area contributed by atoms with Crippen molar-refractivity contribution in [2.45, 2.75) is 6.42 Å². The number of hydrogen-bond donors (Lipinski definition) is 0. The fourth-order valence-corrected chi connectivity index (χ4v) is 2.37. The number of rotatable bonds is 3. The molecule has 1 amide bonds. The number of carbonyl (C=O) groups excluding carboxylic acids is 2. The molecular weight excluding hydrogens is 261 g/mol. The molecule has 0 fully saturated rings. The Morgan fingerprint density at radius 3 is 2.75 bits per heavy atom. The summed E-state index contributed by atoms with van der Waals surface area (Å²) in [5, 5.41) is 4.05. The van der Waals surface area contributed by atoms with Crippen LogP contribution in [-0.2, 0) is 18.3 Å². The molecule has 1 aliphatic heterocycles. The molecule has 0 aliphatic carbocycles. The van der Waals surface area contributed by atoms with E-state index in [0.717, 1.165) is 11.8 Å². The van der Waals surface area contributed by atoms with Crippen LogP contribution in [0.1, 0.15) is 16.1 Å².